The van der Waals surface area contributed by atoms with Crippen LogP contribution in [0.1, 0.15) is 73.1 Å². The van der Waals surface area contributed by atoms with Crippen LogP contribution in [0.5, 0.6) is 0 Å². The summed E-state index contributed by atoms with van der Waals surface area (Å²) in [6, 6.07) is 0. The first-order valence-electron chi connectivity index (χ1n) is 8.81. The third-order valence-corrected chi connectivity index (χ3v) is 9.31. The van der Waals surface area contributed by atoms with E-state index in [1.54, 1.807) is 25.7 Å². The van der Waals surface area contributed by atoms with Crippen LogP contribution in [0.3, 0.4) is 0 Å². The second-order valence-corrected chi connectivity index (χ2v) is 9.68. The summed E-state index contributed by atoms with van der Waals surface area (Å²) in [5.74, 6) is 5.15. The van der Waals surface area contributed by atoms with Crippen LogP contribution in [0.2, 0.25) is 0 Å². The zero-order chi connectivity index (χ0) is 13.6. The van der Waals surface area contributed by atoms with Gasteiger partial charge in [0, 0.05) is 0 Å². The van der Waals surface area contributed by atoms with Gasteiger partial charge in [-0.3, -0.25) is 0 Å². The third kappa shape index (κ3) is 1.24. The predicted molar refractivity (Wildman–Crippen MR) is 80.8 cm³/mol. The molecule has 4 aliphatic carbocycles. The van der Waals surface area contributed by atoms with E-state index in [0.717, 1.165) is 29.6 Å². The van der Waals surface area contributed by atoms with Crippen molar-refractivity contribution in [2.24, 2.45) is 45.8 Å². The van der Waals surface area contributed by atoms with Crippen LogP contribution in [-0.4, -0.2) is 0 Å². The molecule has 0 nitrogen and oxygen atoms in total. The highest BCUT2D eigenvalue weighted by Crippen LogP contribution is 2.76. The first-order chi connectivity index (χ1) is 8.81. The van der Waals surface area contributed by atoms with Crippen molar-refractivity contribution in [3.63, 3.8) is 0 Å². The monoisotopic (exact) mass is 260 g/mol. The molecule has 0 spiro atoms. The van der Waals surface area contributed by atoms with Gasteiger partial charge in [-0.25, -0.2) is 0 Å². The Morgan fingerprint density at radius 1 is 0.947 bits per heavy atom. The summed E-state index contributed by atoms with van der Waals surface area (Å²) in [6.07, 6.45) is 9.25. The second-order valence-electron chi connectivity index (χ2n) is 9.68. The van der Waals surface area contributed by atoms with Crippen LogP contribution in [0.25, 0.3) is 0 Å². The SMILES string of the molecule is CC1C(C2(C)CC3CCC2C3)C2CCC1(C)C2(C)C. The molecule has 4 bridgehead atoms. The minimum Gasteiger partial charge on any atom is -0.0617 e. The van der Waals surface area contributed by atoms with Crippen molar-refractivity contribution in [3.05, 3.63) is 0 Å². The van der Waals surface area contributed by atoms with Gasteiger partial charge in [-0.2, -0.15) is 0 Å². The van der Waals surface area contributed by atoms with Crippen LogP contribution in [0.4, 0.5) is 0 Å². The lowest BCUT2D eigenvalue weighted by Gasteiger charge is -2.48. The van der Waals surface area contributed by atoms with Crippen molar-refractivity contribution in [1.29, 1.82) is 0 Å². The van der Waals surface area contributed by atoms with Crippen LogP contribution < -0.4 is 0 Å². The summed E-state index contributed by atoms with van der Waals surface area (Å²) in [5, 5.41) is 0. The Bertz CT molecular complexity index is 408. The Morgan fingerprint density at radius 2 is 1.68 bits per heavy atom. The first-order valence-corrected chi connectivity index (χ1v) is 8.81. The van der Waals surface area contributed by atoms with Gasteiger partial charge in [0.05, 0.1) is 0 Å². The van der Waals surface area contributed by atoms with E-state index in [1.807, 2.05) is 0 Å². The minimum absolute atomic E-state index is 0.585. The average Bonchev–Trinajstić information content (AvgIpc) is 2.99. The van der Waals surface area contributed by atoms with Crippen molar-refractivity contribution >= 4 is 0 Å². The van der Waals surface area contributed by atoms with Crippen molar-refractivity contribution in [2.45, 2.75) is 73.1 Å². The van der Waals surface area contributed by atoms with Gasteiger partial charge in [0.1, 0.15) is 0 Å². The summed E-state index contributed by atoms with van der Waals surface area (Å²) >= 11 is 0. The molecule has 0 aliphatic heterocycles. The molecule has 7 unspecified atom stereocenters. The van der Waals surface area contributed by atoms with Gasteiger partial charge in [-0.1, -0.05) is 41.0 Å². The number of hydrogen-bond donors (Lipinski definition) is 0. The number of fused-ring (bicyclic) bond motifs is 4. The highest BCUT2D eigenvalue weighted by atomic mass is 14.7. The molecule has 0 heteroatoms. The van der Waals surface area contributed by atoms with Gasteiger partial charge in [0.2, 0.25) is 0 Å². The van der Waals surface area contributed by atoms with Crippen molar-refractivity contribution < 1.29 is 0 Å². The van der Waals surface area contributed by atoms with E-state index in [9.17, 15) is 0 Å². The molecule has 7 atom stereocenters. The van der Waals surface area contributed by atoms with E-state index in [0.29, 0.717) is 16.2 Å². The molecule has 0 aromatic heterocycles. The van der Waals surface area contributed by atoms with E-state index in [1.165, 1.54) is 12.8 Å². The molecule has 19 heavy (non-hydrogen) atoms. The van der Waals surface area contributed by atoms with E-state index >= 15 is 0 Å². The summed E-state index contributed by atoms with van der Waals surface area (Å²) in [5.41, 5.74) is 1.90. The van der Waals surface area contributed by atoms with Crippen LogP contribution in [-0.2, 0) is 0 Å². The fourth-order valence-corrected chi connectivity index (χ4v) is 7.84. The fourth-order valence-electron chi connectivity index (χ4n) is 7.84. The molecular formula is C19H32. The number of hydrogen-bond acceptors (Lipinski definition) is 0. The normalized spacial score (nSPS) is 62.1. The second kappa shape index (κ2) is 3.42. The largest absolute Gasteiger partial charge is 0.0617 e. The molecular weight excluding hydrogens is 228 g/mol. The Balaban J connectivity index is 1.74. The van der Waals surface area contributed by atoms with E-state index < -0.39 is 0 Å². The first kappa shape index (κ1) is 12.7. The minimum atomic E-state index is 0.585. The molecule has 0 radical (unpaired) electrons. The third-order valence-electron chi connectivity index (χ3n) is 9.31. The average molecular weight is 260 g/mol. The van der Waals surface area contributed by atoms with E-state index in [2.05, 4.69) is 34.6 Å². The quantitative estimate of drug-likeness (QED) is 0.582. The Hall–Kier alpha value is 0. The molecule has 108 valence electrons. The summed E-state index contributed by atoms with van der Waals surface area (Å²) in [6.45, 7) is 13.1. The molecule has 0 saturated heterocycles. The zero-order valence-corrected chi connectivity index (χ0v) is 13.6. The Labute approximate surface area is 119 Å². The van der Waals surface area contributed by atoms with Gasteiger partial charge >= 0.3 is 0 Å². The molecule has 0 aromatic carbocycles. The van der Waals surface area contributed by atoms with Crippen LogP contribution in [0.15, 0.2) is 0 Å². The Kier molecular flexibility index (Phi) is 2.29. The van der Waals surface area contributed by atoms with Gasteiger partial charge < -0.3 is 0 Å². The maximum absolute atomic E-state index is 2.69. The molecule has 4 rings (SSSR count). The lowest BCUT2D eigenvalue weighted by Crippen LogP contribution is -2.41. The lowest BCUT2D eigenvalue weighted by atomic mass is 9.57. The highest BCUT2D eigenvalue weighted by molar-refractivity contribution is 5.17. The molecule has 4 saturated carbocycles. The topological polar surface area (TPSA) is 0 Å². The molecule has 4 fully saturated rings. The van der Waals surface area contributed by atoms with E-state index in [-0.39, 0.29) is 0 Å². The van der Waals surface area contributed by atoms with Gasteiger partial charge in [0.25, 0.3) is 0 Å². The number of rotatable bonds is 1. The summed E-state index contributed by atoms with van der Waals surface area (Å²) < 4.78 is 0. The van der Waals surface area contributed by atoms with Crippen molar-refractivity contribution in [3.8, 4) is 0 Å². The molecule has 0 heterocycles. The van der Waals surface area contributed by atoms with Gasteiger partial charge in [-0.15, -0.1) is 0 Å². The van der Waals surface area contributed by atoms with Crippen LogP contribution in [0, 0.1) is 45.8 Å². The van der Waals surface area contributed by atoms with Gasteiger partial charge in [0.15, 0.2) is 0 Å². The lowest BCUT2D eigenvalue weighted by molar-refractivity contribution is 0.00630. The molecule has 0 N–H and O–H groups in total. The Morgan fingerprint density at radius 3 is 2.16 bits per heavy atom. The maximum atomic E-state index is 2.69. The summed E-state index contributed by atoms with van der Waals surface area (Å²) in [4.78, 5) is 0. The maximum Gasteiger partial charge on any atom is -0.0243 e. The zero-order valence-electron chi connectivity index (χ0n) is 13.6. The van der Waals surface area contributed by atoms with Crippen LogP contribution >= 0.6 is 0 Å². The molecule has 4 aliphatic rings. The predicted octanol–water partition coefficient (Wildman–Crippen LogP) is 5.52. The fraction of sp³-hybridized carbons (Fsp3) is 1.00. The summed E-state index contributed by atoms with van der Waals surface area (Å²) in [7, 11) is 0. The van der Waals surface area contributed by atoms with Crippen molar-refractivity contribution in [2.75, 3.05) is 0 Å². The van der Waals surface area contributed by atoms with E-state index in [4.69, 9.17) is 0 Å². The van der Waals surface area contributed by atoms with Crippen molar-refractivity contribution in [1.82, 2.24) is 0 Å². The highest BCUT2D eigenvalue weighted by Gasteiger charge is 2.69. The molecule has 0 aromatic rings. The molecule has 0 amide bonds. The van der Waals surface area contributed by atoms with Gasteiger partial charge in [-0.05, 0) is 77.9 Å². The smallest absolute Gasteiger partial charge is 0.0243 e. The standard InChI is InChI=1S/C19H32/c1-12-16(15-8-9-19(12,5)17(15,2)3)18(4)11-13-6-7-14(18)10-13/h12-16H,6-11H2,1-5H3.